The van der Waals surface area contributed by atoms with Crippen LogP contribution in [0.25, 0.3) is 0 Å². The molecule has 0 saturated heterocycles. The fourth-order valence-corrected chi connectivity index (χ4v) is 6.80. The quantitative estimate of drug-likeness (QED) is 0.0471. The molecule has 0 amide bonds. The number of carbonyl (C=O) groups excluding carboxylic acids is 1. The molecule has 0 spiro atoms. The molecule has 0 N–H and O–H groups in total. The molecule has 0 aliphatic carbocycles. The summed E-state index contributed by atoms with van der Waals surface area (Å²) in [5, 5.41) is 0. The summed E-state index contributed by atoms with van der Waals surface area (Å²) in [6, 6.07) is 0. The number of unbranched alkanes of at least 4 members (excludes halogenated alkanes) is 33. The summed E-state index contributed by atoms with van der Waals surface area (Å²) in [6.45, 7) is 9.01. The lowest BCUT2D eigenvalue weighted by Crippen LogP contribution is -2.32. The Morgan fingerprint density at radius 1 is 0.347 bits per heavy atom. The Morgan fingerprint density at radius 3 is 0.939 bits per heavy atom. The van der Waals surface area contributed by atoms with Gasteiger partial charge < -0.3 is 14.2 Å². The molecular weight excluding hydrogens is 604 g/mol. The topological polar surface area (TPSA) is 44.8 Å². The Morgan fingerprint density at radius 2 is 0.612 bits per heavy atom. The summed E-state index contributed by atoms with van der Waals surface area (Å²) in [7, 11) is 0. The van der Waals surface area contributed by atoms with Crippen LogP contribution in [0.3, 0.4) is 0 Å². The van der Waals surface area contributed by atoms with E-state index >= 15 is 0 Å². The van der Waals surface area contributed by atoms with E-state index in [9.17, 15) is 4.79 Å². The van der Waals surface area contributed by atoms with Crippen molar-refractivity contribution in [1.82, 2.24) is 0 Å². The van der Waals surface area contributed by atoms with Gasteiger partial charge in [-0.1, -0.05) is 233 Å². The maximum absolute atomic E-state index is 12.9. The van der Waals surface area contributed by atoms with Gasteiger partial charge in [0, 0.05) is 13.2 Å². The second-order valence-electron chi connectivity index (χ2n) is 15.3. The molecule has 1 unspecified atom stereocenters. The molecule has 0 aliphatic heterocycles. The van der Waals surface area contributed by atoms with Crippen molar-refractivity contribution in [3.8, 4) is 0 Å². The van der Waals surface area contributed by atoms with Gasteiger partial charge in [-0.25, -0.2) is 4.79 Å². The van der Waals surface area contributed by atoms with Crippen molar-refractivity contribution in [3.63, 3.8) is 0 Å². The average Bonchev–Trinajstić information content (AvgIpc) is 3.11. The fourth-order valence-electron chi connectivity index (χ4n) is 6.80. The number of hydrogen-bond acceptors (Lipinski definition) is 4. The predicted octanol–water partition coefficient (Wildman–Crippen LogP) is 15.0. The van der Waals surface area contributed by atoms with Gasteiger partial charge in [-0.15, -0.1) is 0 Å². The number of hydrogen-bond donors (Lipinski definition) is 0. The Kier molecular flexibility index (Phi) is 43.0. The molecule has 0 saturated carbocycles. The average molecular weight is 695 g/mol. The molecule has 0 aromatic heterocycles. The first-order chi connectivity index (χ1) is 24.3. The highest BCUT2D eigenvalue weighted by molar-refractivity contribution is 5.74. The SMILES string of the molecule is CCCCCCCCCCCCCCCCCCOC(=O)C(COCCCCCCCCCCCC)OCCCCCCCCCCCC. The van der Waals surface area contributed by atoms with Gasteiger partial charge in [0.2, 0.25) is 0 Å². The van der Waals surface area contributed by atoms with Crippen LogP contribution in [-0.4, -0.2) is 38.5 Å². The van der Waals surface area contributed by atoms with Crippen molar-refractivity contribution in [2.24, 2.45) is 0 Å². The molecule has 0 rings (SSSR count). The zero-order valence-electron chi connectivity index (χ0n) is 34.0. The third-order valence-electron chi connectivity index (χ3n) is 10.2. The van der Waals surface area contributed by atoms with Crippen LogP contribution in [-0.2, 0) is 19.0 Å². The second kappa shape index (κ2) is 43.6. The summed E-state index contributed by atoms with van der Waals surface area (Å²) in [5.41, 5.74) is 0. The molecule has 4 nitrogen and oxygen atoms in total. The van der Waals surface area contributed by atoms with Gasteiger partial charge in [0.05, 0.1) is 13.2 Å². The Bertz CT molecular complexity index is 609. The highest BCUT2D eigenvalue weighted by Gasteiger charge is 2.21. The van der Waals surface area contributed by atoms with Crippen molar-refractivity contribution in [2.45, 2.75) is 258 Å². The first-order valence-corrected chi connectivity index (χ1v) is 22.6. The summed E-state index contributed by atoms with van der Waals surface area (Å²) < 4.78 is 17.7. The van der Waals surface area contributed by atoms with Gasteiger partial charge >= 0.3 is 5.97 Å². The monoisotopic (exact) mass is 695 g/mol. The van der Waals surface area contributed by atoms with E-state index in [1.165, 1.54) is 205 Å². The molecule has 0 aromatic carbocycles. The van der Waals surface area contributed by atoms with E-state index in [1.807, 2.05) is 0 Å². The van der Waals surface area contributed by atoms with Crippen LogP contribution in [0, 0.1) is 0 Å². The van der Waals surface area contributed by atoms with Gasteiger partial charge in [-0.2, -0.15) is 0 Å². The molecule has 0 aliphatic rings. The number of carbonyl (C=O) groups is 1. The number of rotatable bonds is 43. The minimum Gasteiger partial charge on any atom is -0.464 e. The standard InChI is InChI=1S/C45H90O4/c1-4-7-10-13-16-19-22-23-24-25-26-27-30-33-36-39-42-49-45(46)44(48-41-38-35-32-29-21-18-15-12-9-6-3)43-47-40-37-34-31-28-20-17-14-11-8-5-2/h44H,4-43H2,1-3H3. The number of ether oxygens (including phenoxy) is 3. The van der Waals surface area contributed by atoms with Gasteiger partial charge in [-0.05, 0) is 19.3 Å². The van der Waals surface area contributed by atoms with E-state index in [4.69, 9.17) is 14.2 Å². The Balaban J connectivity index is 4.00. The largest absolute Gasteiger partial charge is 0.464 e. The van der Waals surface area contributed by atoms with Gasteiger partial charge in [0.25, 0.3) is 0 Å². The highest BCUT2D eigenvalue weighted by atomic mass is 16.6. The van der Waals surface area contributed by atoms with E-state index in [2.05, 4.69) is 20.8 Å². The van der Waals surface area contributed by atoms with Crippen LogP contribution >= 0.6 is 0 Å². The van der Waals surface area contributed by atoms with Crippen LogP contribution in [0.15, 0.2) is 0 Å². The van der Waals surface area contributed by atoms with E-state index in [-0.39, 0.29) is 5.97 Å². The molecular formula is C45H90O4. The molecule has 1 atom stereocenters. The van der Waals surface area contributed by atoms with Crippen molar-refractivity contribution >= 4 is 5.97 Å². The normalized spacial score (nSPS) is 12.1. The van der Waals surface area contributed by atoms with Crippen LogP contribution in [0.5, 0.6) is 0 Å². The van der Waals surface area contributed by atoms with Gasteiger partial charge in [-0.3, -0.25) is 0 Å². The first-order valence-electron chi connectivity index (χ1n) is 22.6. The molecule has 294 valence electrons. The maximum Gasteiger partial charge on any atom is 0.337 e. The molecule has 4 heteroatoms. The van der Waals surface area contributed by atoms with Gasteiger partial charge in [0.15, 0.2) is 6.10 Å². The third kappa shape index (κ3) is 40.0. The zero-order chi connectivity index (χ0) is 35.6. The Hall–Kier alpha value is -0.610. The second-order valence-corrected chi connectivity index (χ2v) is 15.3. The number of esters is 1. The van der Waals surface area contributed by atoms with Crippen molar-refractivity contribution in [3.05, 3.63) is 0 Å². The molecule has 0 heterocycles. The summed E-state index contributed by atoms with van der Waals surface area (Å²) in [4.78, 5) is 12.9. The van der Waals surface area contributed by atoms with Crippen LogP contribution < -0.4 is 0 Å². The molecule has 0 aromatic rings. The maximum atomic E-state index is 12.9. The summed E-state index contributed by atoms with van der Waals surface area (Å²) >= 11 is 0. The van der Waals surface area contributed by atoms with Crippen LogP contribution in [0.1, 0.15) is 252 Å². The third-order valence-corrected chi connectivity index (χ3v) is 10.2. The van der Waals surface area contributed by atoms with E-state index in [1.54, 1.807) is 0 Å². The fraction of sp³-hybridized carbons (Fsp3) is 0.978. The summed E-state index contributed by atoms with van der Waals surface area (Å²) in [6.07, 6.45) is 47.1. The molecule has 49 heavy (non-hydrogen) atoms. The van der Waals surface area contributed by atoms with Crippen molar-refractivity contribution in [1.29, 1.82) is 0 Å². The van der Waals surface area contributed by atoms with Crippen LogP contribution in [0.4, 0.5) is 0 Å². The minimum absolute atomic E-state index is 0.226. The zero-order valence-corrected chi connectivity index (χ0v) is 34.0. The lowest BCUT2D eigenvalue weighted by Gasteiger charge is -2.17. The van der Waals surface area contributed by atoms with E-state index < -0.39 is 6.10 Å². The van der Waals surface area contributed by atoms with Crippen molar-refractivity contribution in [2.75, 3.05) is 26.4 Å². The first kappa shape index (κ1) is 48.4. The van der Waals surface area contributed by atoms with Gasteiger partial charge in [0.1, 0.15) is 0 Å². The predicted molar refractivity (Wildman–Crippen MR) is 215 cm³/mol. The lowest BCUT2D eigenvalue weighted by atomic mass is 10.0. The van der Waals surface area contributed by atoms with E-state index in [0.29, 0.717) is 26.4 Å². The molecule has 0 fully saturated rings. The lowest BCUT2D eigenvalue weighted by molar-refractivity contribution is -0.161. The van der Waals surface area contributed by atoms with Crippen LogP contribution in [0.2, 0.25) is 0 Å². The smallest absolute Gasteiger partial charge is 0.337 e. The Labute approximate surface area is 308 Å². The minimum atomic E-state index is -0.581. The highest BCUT2D eigenvalue weighted by Crippen LogP contribution is 2.15. The van der Waals surface area contributed by atoms with E-state index in [0.717, 1.165) is 25.7 Å². The molecule has 0 radical (unpaired) electrons. The summed E-state index contributed by atoms with van der Waals surface area (Å²) in [5.74, 6) is -0.226. The van der Waals surface area contributed by atoms with Crippen molar-refractivity contribution < 1.29 is 19.0 Å². The molecule has 0 bridgehead atoms.